The van der Waals surface area contributed by atoms with Gasteiger partial charge in [-0.3, -0.25) is 4.79 Å². The van der Waals surface area contributed by atoms with Crippen LogP contribution in [0.25, 0.3) is 0 Å². The fraction of sp³-hybridized carbons (Fsp3) is 0.909. The molecule has 0 N–H and O–H groups in total. The second-order valence-electron chi connectivity index (χ2n) is 4.62. The summed E-state index contributed by atoms with van der Waals surface area (Å²) in [6.45, 7) is 3.84. The van der Waals surface area contributed by atoms with E-state index in [4.69, 9.17) is 0 Å². The Balaban J connectivity index is 2.80. The van der Waals surface area contributed by atoms with Gasteiger partial charge in [0.05, 0.1) is 12.9 Å². The fourth-order valence-electron chi connectivity index (χ4n) is 1.77. The smallest absolute Gasteiger partial charge is 0.324 e. The molecule has 94 valence electrons. The van der Waals surface area contributed by atoms with E-state index in [9.17, 15) is 13.2 Å². The van der Waals surface area contributed by atoms with Gasteiger partial charge in [-0.25, -0.2) is 8.42 Å². The van der Waals surface area contributed by atoms with Crippen molar-refractivity contribution in [3.8, 4) is 0 Å². The lowest BCUT2D eigenvalue weighted by Gasteiger charge is -2.17. The molecule has 0 aromatic heterocycles. The van der Waals surface area contributed by atoms with Gasteiger partial charge in [0, 0.05) is 0 Å². The average Bonchev–Trinajstić information content (AvgIpc) is 3.00. The lowest BCUT2D eigenvalue weighted by molar-refractivity contribution is -0.140. The summed E-state index contributed by atoms with van der Waals surface area (Å²) in [6.07, 6.45) is 2.44. The van der Waals surface area contributed by atoms with Gasteiger partial charge in [0.25, 0.3) is 0 Å². The van der Waals surface area contributed by atoms with E-state index in [2.05, 4.69) is 4.74 Å². The van der Waals surface area contributed by atoms with Gasteiger partial charge in [0.1, 0.15) is 0 Å². The van der Waals surface area contributed by atoms with Gasteiger partial charge in [0.2, 0.25) is 0 Å². The Bertz CT molecular complexity index is 343. The lowest BCUT2D eigenvalue weighted by atomic mass is 10.2. The molecule has 0 spiro atoms. The van der Waals surface area contributed by atoms with Crippen LogP contribution in [-0.2, 0) is 19.4 Å². The van der Waals surface area contributed by atoms with Gasteiger partial charge in [-0.1, -0.05) is 20.3 Å². The number of rotatable bonds is 6. The number of methoxy groups -OCH3 is 1. The van der Waals surface area contributed by atoms with Gasteiger partial charge < -0.3 is 4.74 Å². The molecular weight excluding hydrogens is 228 g/mol. The molecule has 1 aliphatic carbocycles. The minimum atomic E-state index is -3.36. The Morgan fingerprint density at radius 3 is 2.38 bits per heavy atom. The quantitative estimate of drug-likeness (QED) is 0.667. The van der Waals surface area contributed by atoms with Crippen molar-refractivity contribution in [3.63, 3.8) is 0 Å². The number of hydrogen-bond donors (Lipinski definition) is 0. The summed E-state index contributed by atoms with van der Waals surface area (Å²) < 4.78 is 28.8. The molecule has 1 saturated carbocycles. The second-order valence-corrected chi connectivity index (χ2v) is 6.79. The molecule has 2 atom stereocenters. The van der Waals surface area contributed by atoms with Crippen molar-refractivity contribution in [3.05, 3.63) is 0 Å². The number of carbonyl (C=O) groups excluding carboxylic acids is 1. The highest BCUT2D eigenvalue weighted by Gasteiger charge is 2.45. The van der Waals surface area contributed by atoms with Gasteiger partial charge in [-0.05, 0) is 24.7 Å². The van der Waals surface area contributed by atoms with E-state index in [-0.39, 0.29) is 17.6 Å². The van der Waals surface area contributed by atoms with Crippen LogP contribution in [0, 0.1) is 11.8 Å². The first kappa shape index (κ1) is 13.5. The number of esters is 1. The third-order valence-electron chi connectivity index (χ3n) is 3.08. The largest absolute Gasteiger partial charge is 0.468 e. The van der Waals surface area contributed by atoms with Crippen LogP contribution in [0.5, 0.6) is 0 Å². The molecule has 5 heteroatoms. The summed E-state index contributed by atoms with van der Waals surface area (Å²) in [4.78, 5) is 11.5. The summed E-state index contributed by atoms with van der Waals surface area (Å²) in [5, 5.41) is -0.925. The first-order chi connectivity index (χ1) is 7.42. The minimum absolute atomic E-state index is 0.0125. The number of ether oxygens (including phenoxy) is 1. The molecule has 16 heavy (non-hydrogen) atoms. The van der Waals surface area contributed by atoms with Crippen LogP contribution in [-0.4, -0.2) is 32.5 Å². The normalized spacial score (nSPS) is 20.2. The molecule has 1 fully saturated rings. The Hall–Kier alpha value is -0.580. The first-order valence-electron chi connectivity index (χ1n) is 5.71. The topological polar surface area (TPSA) is 60.4 Å². The van der Waals surface area contributed by atoms with E-state index in [1.54, 1.807) is 0 Å². The number of carbonyl (C=O) groups is 1. The summed E-state index contributed by atoms with van der Waals surface area (Å²) in [6, 6.07) is 0. The Kier molecular flexibility index (Phi) is 4.35. The predicted octanol–water partition coefficient (Wildman–Crippen LogP) is 1.40. The van der Waals surface area contributed by atoms with Crippen molar-refractivity contribution < 1.29 is 17.9 Å². The van der Waals surface area contributed by atoms with Gasteiger partial charge in [-0.2, -0.15) is 0 Å². The minimum Gasteiger partial charge on any atom is -0.468 e. The maximum Gasteiger partial charge on any atom is 0.324 e. The molecule has 0 aromatic rings. The molecule has 1 aliphatic rings. The zero-order chi connectivity index (χ0) is 12.3. The zero-order valence-electron chi connectivity index (χ0n) is 10.1. The molecule has 2 unspecified atom stereocenters. The number of sulfone groups is 1. The highest BCUT2D eigenvalue weighted by atomic mass is 32.2. The molecule has 0 aromatic carbocycles. The van der Waals surface area contributed by atoms with E-state index in [1.807, 2.05) is 13.8 Å². The Morgan fingerprint density at radius 1 is 1.44 bits per heavy atom. The van der Waals surface area contributed by atoms with Gasteiger partial charge in [-0.15, -0.1) is 0 Å². The van der Waals surface area contributed by atoms with E-state index in [0.717, 1.165) is 19.3 Å². The average molecular weight is 248 g/mol. The second kappa shape index (κ2) is 5.17. The standard InChI is InChI=1S/C11H20O4S/c1-4-8(2)7-16(13,14)10(9-5-6-9)11(12)15-3/h8-10H,4-7H2,1-3H3. The zero-order valence-corrected chi connectivity index (χ0v) is 10.9. The summed E-state index contributed by atoms with van der Waals surface area (Å²) >= 11 is 0. The highest BCUT2D eigenvalue weighted by molar-refractivity contribution is 7.92. The Labute approximate surface area is 97.3 Å². The molecule has 0 amide bonds. The van der Waals surface area contributed by atoms with E-state index >= 15 is 0 Å². The van der Waals surface area contributed by atoms with Gasteiger partial charge in [0.15, 0.2) is 15.1 Å². The van der Waals surface area contributed by atoms with E-state index < -0.39 is 21.1 Å². The highest BCUT2D eigenvalue weighted by Crippen LogP contribution is 2.37. The van der Waals surface area contributed by atoms with Crippen molar-refractivity contribution in [2.45, 2.75) is 38.4 Å². The lowest BCUT2D eigenvalue weighted by Crippen LogP contribution is -2.36. The van der Waals surface area contributed by atoms with Crippen molar-refractivity contribution in [1.82, 2.24) is 0 Å². The Morgan fingerprint density at radius 2 is 2.00 bits per heavy atom. The maximum atomic E-state index is 12.1. The molecule has 0 heterocycles. The number of hydrogen-bond acceptors (Lipinski definition) is 4. The van der Waals surface area contributed by atoms with Crippen LogP contribution in [0.4, 0.5) is 0 Å². The SMILES string of the molecule is CCC(C)CS(=O)(=O)C(C(=O)OC)C1CC1. The van der Waals surface area contributed by atoms with Gasteiger partial charge >= 0.3 is 5.97 Å². The molecule has 0 aliphatic heterocycles. The molecule has 0 bridgehead atoms. The van der Waals surface area contributed by atoms with Crippen molar-refractivity contribution in [2.24, 2.45) is 11.8 Å². The molecular formula is C11H20O4S. The fourth-order valence-corrected chi connectivity index (χ4v) is 4.25. The van der Waals surface area contributed by atoms with E-state index in [0.29, 0.717) is 0 Å². The van der Waals surface area contributed by atoms with Crippen molar-refractivity contribution >= 4 is 15.8 Å². The van der Waals surface area contributed by atoms with Crippen LogP contribution in [0.3, 0.4) is 0 Å². The third kappa shape index (κ3) is 3.20. The monoisotopic (exact) mass is 248 g/mol. The van der Waals surface area contributed by atoms with Crippen LogP contribution in [0.15, 0.2) is 0 Å². The molecule has 4 nitrogen and oxygen atoms in total. The first-order valence-corrected chi connectivity index (χ1v) is 7.43. The third-order valence-corrected chi connectivity index (χ3v) is 5.47. The molecule has 1 rings (SSSR count). The van der Waals surface area contributed by atoms with Crippen molar-refractivity contribution in [2.75, 3.05) is 12.9 Å². The molecule has 0 radical (unpaired) electrons. The summed E-state index contributed by atoms with van der Waals surface area (Å²) in [5.74, 6) is -0.428. The maximum absolute atomic E-state index is 12.1. The van der Waals surface area contributed by atoms with Crippen molar-refractivity contribution in [1.29, 1.82) is 0 Å². The van der Waals surface area contributed by atoms with E-state index in [1.165, 1.54) is 7.11 Å². The van der Waals surface area contributed by atoms with Crippen LogP contribution in [0.2, 0.25) is 0 Å². The van der Waals surface area contributed by atoms with Crippen LogP contribution < -0.4 is 0 Å². The van der Waals surface area contributed by atoms with Crippen LogP contribution in [0.1, 0.15) is 33.1 Å². The predicted molar refractivity (Wildman–Crippen MR) is 61.8 cm³/mol. The van der Waals surface area contributed by atoms with Crippen LogP contribution >= 0.6 is 0 Å². The molecule has 0 saturated heterocycles. The summed E-state index contributed by atoms with van der Waals surface area (Å²) in [7, 11) is -2.11. The summed E-state index contributed by atoms with van der Waals surface area (Å²) in [5.41, 5.74) is 0.